The number of unbranched alkanes of at least 4 members (excludes halogenated alkanes) is 5. The second kappa shape index (κ2) is 14.1. The minimum atomic E-state index is -0.595. The zero-order chi connectivity index (χ0) is 12.1. The van der Waals surface area contributed by atoms with Gasteiger partial charge in [-0.1, -0.05) is 62.9 Å². The third-order valence-electron chi connectivity index (χ3n) is 3.11. The molecule has 1 saturated heterocycles. The molecular formula is C13H30Al2O. The first-order valence-electron chi connectivity index (χ1n) is 7.42. The lowest BCUT2D eigenvalue weighted by Crippen LogP contribution is -2.18. The molecule has 0 N–H and O–H groups in total. The van der Waals surface area contributed by atoms with Crippen LogP contribution in [0.2, 0.25) is 16.4 Å². The molecule has 3 heteroatoms. The van der Waals surface area contributed by atoms with Crippen molar-refractivity contribution < 1.29 is 3.79 Å². The average Bonchev–Trinajstić information content (AvgIpc) is 2.31. The number of hydrogen-bond acceptors (Lipinski definition) is 1. The Labute approximate surface area is 115 Å². The summed E-state index contributed by atoms with van der Waals surface area (Å²) in [5, 5.41) is 2.91. The second-order valence-electron chi connectivity index (χ2n) is 4.94. The maximum absolute atomic E-state index is 5.42. The van der Waals surface area contributed by atoms with Gasteiger partial charge in [0.2, 0.25) is 16.3 Å². The Balaban J connectivity index is 0.000000288. The normalized spacial score (nSPS) is 15.5. The summed E-state index contributed by atoms with van der Waals surface area (Å²) in [5.74, 6) is 2.28. The smallest absolute Gasteiger partial charge is 0.457 e. The van der Waals surface area contributed by atoms with E-state index in [1.165, 1.54) is 78.2 Å². The highest BCUT2D eigenvalue weighted by atomic mass is 27.2. The maximum Gasteiger partial charge on any atom is 0.457 e. The van der Waals surface area contributed by atoms with Crippen LogP contribution in [-0.2, 0) is 3.79 Å². The van der Waals surface area contributed by atoms with E-state index in [1.807, 2.05) is 0 Å². The zero-order valence-corrected chi connectivity index (χ0v) is 14.9. The minimum absolute atomic E-state index is 0.595. The largest absolute Gasteiger partial charge is 0.501 e. The molecule has 0 aromatic carbocycles. The van der Waals surface area contributed by atoms with Crippen LogP contribution in [0.25, 0.3) is 0 Å². The third-order valence-corrected chi connectivity index (χ3v) is 5.85. The molecule has 0 radical (unpaired) electrons. The van der Waals surface area contributed by atoms with E-state index in [4.69, 9.17) is 3.79 Å². The number of hydrogen-bond donors (Lipinski definition) is 0. The molecule has 1 aliphatic heterocycles. The first kappa shape index (κ1) is 17.0. The van der Waals surface area contributed by atoms with Gasteiger partial charge in [-0.15, -0.1) is 5.28 Å². The summed E-state index contributed by atoms with van der Waals surface area (Å²) in [7, 11) is 0. The fourth-order valence-electron chi connectivity index (χ4n) is 1.93. The summed E-state index contributed by atoms with van der Waals surface area (Å²) in [4.78, 5) is 0. The Morgan fingerprint density at radius 3 is 2.19 bits per heavy atom. The first-order valence-corrected chi connectivity index (χ1v) is 11.3. The van der Waals surface area contributed by atoms with Crippen LogP contribution in [0.5, 0.6) is 0 Å². The molecule has 1 fully saturated rings. The zero-order valence-electron chi connectivity index (χ0n) is 11.8. The predicted octanol–water partition coefficient (Wildman–Crippen LogP) is 3.82. The van der Waals surface area contributed by atoms with Crippen molar-refractivity contribution in [2.45, 2.75) is 74.6 Å². The van der Waals surface area contributed by atoms with E-state index >= 15 is 0 Å². The summed E-state index contributed by atoms with van der Waals surface area (Å²) >= 11 is 0.814. The van der Waals surface area contributed by atoms with E-state index in [1.54, 1.807) is 0 Å². The standard InChI is InChI=1S/C8H17.C4H8O.CH3.2Al.2H/c1-3-5-7-8-6-4-2;1-2-3-4-5;;;;;/h1,3-8H2,2H3;1-4H2;1H3;;;;/q;-1;;;+1;;. The first-order chi connectivity index (χ1) is 7.81. The second-order valence-corrected chi connectivity index (χ2v) is 8.48. The maximum atomic E-state index is 5.42. The summed E-state index contributed by atoms with van der Waals surface area (Å²) < 4.78 is 5.42. The molecule has 94 valence electrons. The highest BCUT2D eigenvalue weighted by Gasteiger charge is 2.15. The molecule has 0 aliphatic carbocycles. The van der Waals surface area contributed by atoms with Crippen LogP contribution in [0.3, 0.4) is 0 Å². The van der Waals surface area contributed by atoms with Crippen LogP contribution in [0.1, 0.15) is 58.3 Å². The van der Waals surface area contributed by atoms with Crippen molar-refractivity contribution in [3.8, 4) is 0 Å². The van der Waals surface area contributed by atoms with Crippen molar-refractivity contribution in [2.24, 2.45) is 0 Å². The fraction of sp³-hybridized carbons (Fsp3) is 1.00. The van der Waals surface area contributed by atoms with Gasteiger partial charge in [0.25, 0.3) is 0 Å². The lowest BCUT2D eigenvalue weighted by molar-refractivity contribution is 0.291. The van der Waals surface area contributed by atoms with Crippen LogP contribution in [0.4, 0.5) is 0 Å². The Morgan fingerprint density at radius 2 is 1.75 bits per heavy atom. The van der Waals surface area contributed by atoms with Crippen molar-refractivity contribution >= 4 is 30.8 Å². The van der Waals surface area contributed by atoms with Gasteiger partial charge < -0.3 is 3.79 Å². The monoisotopic (exact) mass is 256 g/mol. The number of rotatable bonds is 6. The summed E-state index contributed by atoms with van der Waals surface area (Å²) in [6.45, 7) is 3.32. The van der Waals surface area contributed by atoms with Gasteiger partial charge in [0.1, 0.15) is 0 Å². The molecule has 1 heterocycles. The van der Waals surface area contributed by atoms with Gasteiger partial charge in [0.15, 0.2) is 0 Å². The molecule has 0 bridgehead atoms. The van der Waals surface area contributed by atoms with Crippen LogP contribution in [0, 0.1) is 0 Å². The van der Waals surface area contributed by atoms with Gasteiger partial charge in [0.05, 0.1) is 0 Å². The molecule has 0 amide bonds. The van der Waals surface area contributed by atoms with Crippen LogP contribution in [0.15, 0.2) is 0 Å². The van der Waals surface area contributed by atoms with Gasteiger partial charge in [-0.05, 0) is 6.42 Å². The Kier molecular flexibility index (Phi) is 15.0. The fourth-order valence-corrected chi connectivity index (χ4v) is 4.03. The quantitative estimate of drug-likeness (QED) is 0.518. The van der Waals surface area contributed by atoms with Crippen LogP contribution >= 0.6 is 0 Å². The van der Waals surface area contributed by atoms with Crippen LogP contribution < -0.4 is 0 Å². The lowest BCUT2D eigenvalue weighted by Gasteiger charge is -2.13. The van der Waals surface area contributed by atoms with Crippen LogP contribution in [-0.4, -0.2) is 37.4 Å². The molecule has 16 heavy (non-hydrogen) atoms. The molecule has 0 unspecified atom stereocenters. The van der Waals surface area contributed by atoms with Crippen molar-refractivity contribution in [2.75, 3.05) is 6.61 Å². The molecule has 1 aliphatic rings. The Morgan fingerprint density at radius 1 is 1.06 bits per heavy atom. The van der Waals surface area contributed by atoms with E-state index < -0.39 is 14.5 Å². The van der Waals surface area contributed by atoms with E-state index in [0.717, 1.165) is 6.61 Å². The van der Waals surface area contributed by atoms with Crippen molar-refractivity contribution in [1.82, 2.24) is 0 Å². The van der Waals surface area contributed by atoms with E-state index in [9.17, 15) is 0 Å². The minimum Gasteiger partial charge on any atom is -0.501 e. The molecule has 0 saturated carbocycles. The van der Waals surface area contributed by atoms with Crippen molar-refractivity contribution in [3.05, 3.63) is 0 Å². The molecule has 1 rings (SSSR count). The molecule has 0 aromatic heterocycles. The lowest BCUT2D eigenvalue weighted by atomic mass is 10.1. The summed E-state index contributed by atoms with van der Waals surface area (Å²) in [6, 6.07) is 0. The average molecular weight is 256 g/mol. The van der Waals surface area contributed by atoms with E-state index in [0.29, 0.717) is 0 Å². The van der Waals surface area contributed by atoms with Gasteiger partial charge >= 0.3 is 14.5 Å². The Hall–Kier alpha value is 1.02. The topological polar surface area (TPSA) is 9.23 Å². The molecule has 1 nitrogen and oxygen atoms in total. The van der Waals surface area contributed by atoms with Gasteiger partial charge in [0, 0.05) is 6.61 Å². The predicted molar refractivity (Wildman–Crippen MR) is 78.3 cm³/mol. The van der Waals surface area contributed by atoms with E-state index in [-0.39, 0.29) is 0 Å². The molecular weight excluding hydrogens is 226 g/mol. The van der Waals surface area contributed by atoms with Crippen molar-refractivity contribution in [1.29, 1.82) is 0 Å². The highest BCUT2D eigenvalue weighted by Crippen LogP contribution is 2.09. The van der Waals surface area contributed by atoms with E-state index in [2.05, 4.69) is 12.7 Å². The molecule has 0 atom stereocenters. The molecule has 0 aromatic rings. The summed E-state index contributed by atoms with van der Waals surface area (Å²) in [6.07, 6.45) is 11.5. The summed E-state index contributed by atoms with van der Waals surface area (Å²) in [5.41, 5.74) is 0. The SMILES string of the molecule is CCCCCCC[CH2][AlH2].[CH3][Al]1[CH2]CCC[O]1. The van der Waals surface area contributed by atoms with Gasteiger partial charge in [-0.3, -0.25) is 0 Å². The van der Waals surface area contributed by atoms with Crippen molar-refractivity contribution in [3.63, 3.8) is 0 Å². The third kappa shape index (κ3) is 13.1. The Bertz CT molecular complexity index is 119. The van der Waals surface area contributed by atoms with Gasteiger partial charge in [-0.2, -0.15) is 0 Å². The molecule has 0 spiro atoms. The highest BCUT2D eigenvalue weighted by molar-refractivity contribution is 6.50. The van der Waals surface area contributed by atoms with Gasteiger partial charge in [-0.25, -0.2) is 0 Å².